The van der Waals surface area contributed by atoms with Gasteiger partial charge in [-0.3, -0.25) is 0 Å². The Hall–Kier alpha value is -1.85. The van der Waals surface area contributed by atoms with E-state index in [0.717, 1.165) is 44.9 Å². The van der Waals surface area contributed by atoms with E-state index in [1.54, 1.807) is 0 Å². The lowest BCUT2D eigenvalue weighted by atomic mass is 9.73. The van der Waals surface area contributed by atoms with Gasteiger partial charge in [-0.25, -0.2) is 4.79 Å². The van der Waals surface area contributed by atoms with Gasteiger partial charge >= 0.3 is 6.09 Å². The van der Waals surface area contributed by atoms with Crippen molar-refractivity contribution in [2.24, 2.45) is 11.3 Å². The molecule has 2 aliphatic carbocycles. The van der Waals surface area contributed by atoms with Gasteiger partial charge in [0.2, 0.25) is 0 Å². The van der Waals surface area contributed by atoms with Crippen LogP contribution in [0.5, 0.6) is 0 Å². The van der Waals surface area contributed by atoms with Gasteiger partial charge in [-0.05, 0) is 56.7 Å². The first-order valence-corrected chi connectivity index (χ1v) is 11.6. The second kappa shape index (κ2) is 9.97. The van der Waals surface area contributed by atoms with Crippen LogP contribution < -0.4 is 10.6 Å². The quantitative estimate of drug-likeness (QED) is 0.559. The van der Waals surface area contributed by atoms with Crippen molar-refractivity contribution in [3.63, 3.8) is 0 Å². The van der Waals surface area contributed by atoms with E-state index in [0.29, 0.717) is 18.9 Å². The van der Waals surface area contributed by atoms with E-state index in [1.807, 2.05) is 24.3 Å². The molecule has 0 radical (unpaired) electrons. The third-order valence-corrected chi connectivity index (χ3v) is 7.20. The second-order valence-corrected chi connectivity index (χ2v) is 9.35. The summed E-state index contributed by atoms with van der Waals surface area (Å²) in [7, 11) is 0. The Kier molecular flexibility index (Phi) is 7.11. The molecule has 0 aromatic heterocycles. The highest BCUT2D eigenvalue weighted by Gasteiger charge is 2.44. The highest BCUT2D eigenvalue weighted by molar-refractivity contribution is 5.69. The van der Waals surface area contributed by atoms with Gasteiger partial charge in [0.05, 0.1) is 6.61 Å². The molecule has 1 heterocycles. The first-order chi connectivity index (χ1) is 14.7. The summed E-state index contributed by atoms with van der Waals surface area (Å²) in [5, 5.41) is 6.53. The van der Waals surface area contributed by atoms with Crippen molar-refractivity contribution in [1.82, 2.24) is 10.6 Å². The molecule has 1 aromatic rings. The van der Waals surface area contributed by atoms with Crippen molar-refractivity contribution >= 4 is 6.09 Å². The molecule has 5 heteroatoms. The van der Waals surface area contributed by atoms with E-state index in [-0.39, 0.29) is 23.7 Å². The third-order valence-electron chi connectivity index (χ3n) is 7.20. The van der Waals surface area contributed by atoms with Gasteiger partial charge in [0.1, 0.15) is 6.10 Å². The standard InChI is InChI=1S/C25H36N2O3/c1-2-7-23(25(12-14-26-15-13-25)18-29-17-19-8-6-9-19)30-24(28)27-22-16-21(22)20-10-4-3-5-11-20/h2-5,10-11,19,21-23,26H,1,6-9,12-18H2,(H,27,28)/t21-,22+,23?/m0/s1. The summed E-state index contributed by atoms with van der Waals surface area (Å²) in [5.74, 6) is 1.12. The number of piperidine rings is 1. The number of amides is 1. The van der Waals surface area contributed by atoms with Crippen LogP contribution in [0.2, 0.25) is 0 Å². The normalized spacial score (nSPS) is 26.3. The van der Waals surface area contributed by atoms with Crippen LogP contribution in [0.3, 0.4) is 0 Å². The highest BCUT2D eigenvalue weighted by atomic mass is 16.6. The molecule has 1 unspecified atom stereocenters. The molecule has 2 N–H and O–H groups in total. The molecular formula is C25H36N2O3. The number of carbonyl (C=O) groups is 1. The molecular weight excluding hydrogens is 376 g/mol. The zero-order chi connectivity index (χ0) is 20.8. The maximum atomic E-state index is 12.8. The van der Waals surface area contributed by atoms with Gasteiger partial charge in [0.25, 0.3) is 0 Å². The maximum Gasteiger partial charge on any atom is 0.407 e. The first kappa shape index (κ1) is 21.4. The summed E-state index contributed by atoms with van der Waals surface area (Å²) in [6, 6.07) is 10.5. The molecule has 0 bridgehead atoms. The lowest BCUT2D eigenvalue weighted by Crippen LogP contribution is -2.50. The van der Waals surface area contributed by atoms with Crippen LogP contribution in [0.4, 0.5) is 4.79 Å². The van der Waals surface area contributed by atoms with Gasteiger partial charge in [0, 0.05) is 30.4 Å². The maximum absolute atomic E-state index is 12.8. The zero-order valence-electron chi connectivity index (χ0n) is 18.0. The van der Waals surface area contributed by atoms with Gasteiger partial charge in [-0.1, -0.05) is 42.8 Å². The molecule has 0 spiro atoms. The molecule has 1 aromatic carbocycles. The van der Waals surface area contributed by atoms with E-state index >= 15 is 0 Å². The number of alkyl carbamates (subject to hydrolysis) is 1. The number of nitrogens with one attached hydrogen (secondary N) is 2. The summed E-state index contributed by atoms with van der Waals surface area (Å²) >= 11 is 0. The number of hydrogen-bond acceptors (Lipinski definition) is 4. The molecule has 30 heavy (non-hydrogen) atoms. The fraction of sp³-hybridized carbons (Fsp3) is 0.640. The molecule has 1 amide bonds. The van der Waals surface area contributed by atoms with E-state index in [9.17, 15) is 4.79 Å². The van der Waals surface area contributed by atoms with E-state index < -0.39 is 0 Å². The van der Waals surface area contributed by atoms with Crippen molar-refractivity contribution in [3.8, 4) is 0 Å². The van der Waals surface area contributed by atoms with Crippen LogP contribution >= 0.6 is 0 Å². The first-order valence-electron chi connectivity index (χ1n) is 11.6. The van der Waals surface area contributed by atoms with E-state index in [4.69, 9.17) is 9.47 Å². The molecule has 1 saturated heterocycles. The average Bonchev–Trinajstić information content (AvgIpc) is 3.50. The smallest absolute Gasteiger partial charge is 0.407 e. The Bertz CT molecular complexity index is 698. The van der Waals surface area contributed by atoms with Crippen molar-refractivity contribution in [2.75, 3.05) is 26.3 Å². The van der Waals surface area contributed by atoms with Crippen LogP contribution in [-0.2, 0) is 9.47 Å². The van der Waals surface area contributed by atoms with Crippen LogP contribution in [0.25, 0.3) is 0 Å². The van der Waals surface area contributed by atoms with E-state index in [2.05, 4.69) is 29.3 Å². The summed E-state index contributed by atoms with van der Waals surface area (Å²) in [4.78, 5) is 12.8. The molecule has 3 aliphatic rings. The number of ether oxygens (including phenoxy) is 2. The number of hydrogen-bond donors (Lipinski definition) is 2. The van der Waals surface area contributed by atoms with Crippen molar-refractivity contribution in [1.29, 1.82) is 0 Å². The summed E-state index contributed by atoms with van der Waals surface area (Å²) < 4.78 is 12.2. The third kappa shape index (κ3) is 5.25. The van der Waals surface area contributed by atoms with Crippen LogP contribution in [0.15, 0.2) is 43.0 Å². The molecule has 3 fully saturated rings. The monoisotopic (exact) mass is 412 g/mol. The minimum absolute atomic E-state index is 0.136. The summed E-state index contributed by atoms with van der Waals surface area (Å²) in [6.45, 7) is 7.29. The molecule has 1 aliphatic heterocycles. The second-order valence-electron chi connectivity index (χ2n) is 9.35. The lowest BCUT2D eigenvalue weighted by Gasteiger charge is -2.43. The fourth-order valence-corrected chi connectivity index (χ4v) is 4.88. The molecule has 3 atom stereocenters. The van der Waals surface area contributed by atoms with Gasteiger partial charge in [-0.15, -0.1) is 6.58 Å². The summed E-state index contributed by atoms with van der Waals surface area (Å²) in [6.07, 6.45) is 8.82. The highest BCUT2D eigenvalue weighted by Crippen LogP contribution is 2.41. The largest absolute Gasteiger partial charge is 0.445 e. The Morgan fingerprint density at radius 1 is 1.27 bits per heavy atom. The molecule has 164 valence electrons. The SMILES string of the molecule is C=CCC(OC(=O)N[C@@H]1C[C@H]1c1ccccc1)C1(COCC2CCC2)CCNCC1. The average molecular weight is 413 g/mol. The lowest BCUT2D eigenvalue weighted by molar-refractivity contribution is -0.0756. The Balaban J connectivity index is 1.34. The van der Waals surface area contributed by atoms with Crippen molar-refractivity contribution < 1.29 is 14.3 Å². The van der Waals surface area contributed by atoms with Gasteiger partial charge < -0.3 is 20.1 Å². The molecule has 4 rings (SSSR count). The van der Waals surface area contributed by atoms with Crippen molar-refractivity contribution in [3.05, 3.63) is 48.6 Å². The Labute approximate surface area is 180 Å². The summed E-state index contributed by atoms with van der Waals surface area (Å²) in [5.41, 5.74) is 1.15. The Morgan fingerprint density at radius 2 is 2.03 bits per heavy atom. The zero-order valence-corrected chi connectivity index (χ0v) is 18.0. The number of benzene rings is 1. The van der Waals surface area contributed by atoms with Crippen LogP contribution in [0, 0.1) is 11.3 Å². The number of carbonyl (C=O) groups excluding carboxylic acids is 1. The van der Waals surface area contributed by atoms with Gasteiger partial charge in [0.15, 0.2) is 0 Å². The predicted molar refractivity (Wildman–Crippen MR) is 119 cm³/mol. The Morgan fingerprint density at radius 3 is 2.70 bits per heavy atom. The molecule has 2 saturated carbocycles. The number of rotatable bonds is 10. The van der Waals surface area contributed by atoms with Crippen molar-refractivity contribution in [2.45, 2.75) is 63.0 Å². The predicted octanol–water partition coefficient (Wildman–Crippen LogP) is 4.40. The van der Waals surface area contributed by atoms with Crippen LogP contribution in [0.1, 0.15) is 56.4 Å². The fourth-order valence-electron chi connectivity index (χ4n) is 4.88. The minimum atomic E-state index is -0.304. The van der Waals surface area contributed by atoms with E-state index in [1.165, 1.54) is 24.8 Å². The van der Waals surface area contributed by atoms with Crippen LogP contribution in [-0.4, -0.2) is 44.5 Å². The topological polar surface area (TPSA) is 59.6 Å². The molecule has 5 nitrogen and oxygen atoms in total. The minimum Gasteiger partial charge on any atom is -0.445 e. The van der Waals surface area contributed by atoms with Gasteiger partial charge in [-0.2, -0.15) is 0 Å².